The molecule has 1 aromatic heterocycles. The topological polar surface area (TPSA) is 83.3 Å². The van der Waals surface area contributed by atoms with Crippen LogP contribution >= 0.6 is 11.6 Å². The Labute approximate surface area is 248 Å². The largest absolute Gasteiger partial charge is 0.490 e. The molecule has 0 bridgehead atoms. The summed E-state index contributed by atoms with van der Waals surface area (Å²) in [4.78, 5) is 11.6. The van der Waals surface area contributed by atoms with Crippen LogP contribution in [0.3, 0.4) is 0 Å². The second-order valence-corrected chi connectivity index (χ2v) is 11.6. The molecule has 3 aromatic rings. The lowest BCUT2D eigenvalue weighted by molar-refractivity contribution is -0.192. The van der Waals surface area contributed by atoms with E-state index in [2.05, 4.69) is 62.5 Å². The minimum absolute atomic E-state index is 0.174. The number of nitrogens with one attached hydrogen (secondary N) is 1. The average Bonchev–Trinajstić information content (AvgIpc) is 3.27. The summed E-state index contributed by atoms with van der Waals surface area (Å²) in [5.74, 6) is -2.76. The van der Waals surface area contributed by atoms with Gasteiger partial charge in [-0.2, -0.15) is 13.2 Å². The predicted octanol–water partition coefficient (Wildman–Crippen LogP) is 7.52. The minimum Gasteiger partial charge on any atom is -0.475 e. The zero-order chi connectivity index (χ0) is 29.9. The molecular weight excluding hydrogens is 567 g/mol. The Kier molecular flexibility index (Phi) is 9.22. The van der Waals surface area contributed by atoms with Gasteiger partial charge in [-0.1, -0.05) is 60.4 Å². The highest BCUT2D eigenvalue weighted by atomic mass is 35.5. The number of carbonyl (C=O) groups is 1. The summed E-state index contributed by atoms with van der Waals surface area (Å²) >= 11 is 6.29. The number of rotatable bonds is 4. The Balaban J connectivity index is 0.000000451. The van der Waals surface area contributed by atoms with E-state index in [1.165, 1.54) is 60.9 Å². The number of halogens is 4. The van der Waals surface area contributed by atoms with Gasteiger partial charge in [0.1, 0.15) is 0 Å². The molecule has 11 heteroatoms. The van der Waals surface area contributed by atoms with Crippen molar-refractivity contribution in [2.24, 2.45) is 0 Å². The number of alkyl halides is 3. The van der Waals surface area contributed by atoms with Crippen LogP contribution in [0.1, 0.15) is 67.8 Å². The van der Waals surface area contributed by atoms with Gasteiger partial charge in [-0.25, -0.2) is 9.48 Å². The number of fused-ring (bicyclic) bond motifs is 3. The molecule has 6 rings (SSSR count). The zero-order valence-electron chi connectivity index (χ0n) is 23.5. The fourth-order valence-electron chi connectivity index (χ4n) is 6.22. The lowest BCUT2D eigenvalue weighted by Crippen LogP contribution is -2.39. The molecular formula is C31H35ClF3N5O2. The van der Waals surface area contributed by atoms with Crippen LogP contribution in [0.5, 0.6) is 0 Å². The number of hydrogen-bond acceptors (Lipinski definition) is 5. The predicted molar refractivity (Wildman–Crippen MR) is 157 cm³/mol. The molecule has 1 saturated carbocycles. The van der Waals surface area contributed by atoms with Crippen molar-refractivity contribution in [1.29, 1.82) is 0 Å². The third kappa shape index (κ3) is 6.98. The Bertz CT molecular complexity index is 1450. The average molecular weight is 602 g/mol. The first kappa shape index (κ1) is 30.1. The molecule has 1 unspecified atom stereocenters. The van der Waals surface area contributed by atoms with Gasteiger partial charge >= 0.3 is 12.1 Å². The van der Waals surface area contributed by atoms with Crippen LogP contribution in [0.2, 0.25) is 5.02 Å². The number of benzene rings is 2. The number of nitrogens with zero attached hydrogens (tertiary/aromatic N) is 4. The molecule has 3 aliphatic rings. The minimum atomic E-state index is -5.08. The third-order valence-electron chi connectivity index (χ3n) is 8.33. The van der Waals surface area contributed by atoms with Gasteiger partial charge in [-0.3, -0.25) is 4.90 Å². The van der Waals surface area contributed by atoms with E-state index in [1.807, 2.05) is 18.2 Å². The van der Waals surface area contributed by atoms with Crippen LogP contribution < -0.4 is 5.32 Å². The fraction of sp³-hybridized carbons (Fsp3) is 0.452. The van der Waals surface area contributed by atoms with E-state index in [0.717, 1.165) is 54.1 Å². The summed E-state index contributed by atoms with van der Waals surface area (Å²) in [6.45, 7) is 5.15. The van der Waals surface area contributed by atoms with Crippen LogP contribution in [0.4, 0.5) is 18.9 Å². The Hall–Kier alpha value is -3.37. The molecule has 0 amide bonds. The number of carboxylic acid groups (broad SMARTS) is 1. The molecule has 224 valence electrons. The second kappa shape index (κ2) is 12.9. The summed E-state index contributed by atoms with van der Waals surface area (Å²) in [5.41, 5.74) is 8.56. The summed E-state index contributed by atoms with van der Waals surface area (Å²) in [7, 11) is 0. The van der Waals surface area contributed by atoms with Crippen LogP contribution in [0, 0.1) is 6.92 Å². The Morgan fingerprint density at radius 2 is 1.83 bits per heavy atom. The Morgan fingerprint density at radius 1 is 1.07 bits per heavy atom. The standard InChI is InChI=1S/C29H34ClN5.C2HF3O2/c1-20-29-26-11-10-22(21-12-15-34(16-13-21)25-8-3-2-4-9-25)18-27(26)28(14-17-35(29)33-32-20)31-24-7-5-6-23(30)19-24;3-2(4,5)1(6)7/h5-7,10-12,18-19,25,28,31H,2-4,8-9,13-17H2,1H3;(H,6,7). The summed E-state index contributed by atoms with van der Waals surface area (Å²) in [6, 6.07) is 16.0. The molecule has 1 aliphatic carbocycles. The third-order valence-corrected chi connectivity index (χ3v) is 8.56. The van der Waals surface area contributed by atoms with E-state index in [4.69, 9.17) is 21.5 Å². The monoisotopic (exact) mass is 601 g/mol. The maximum absolute atomic E-state index is 10.6. The quantitative estimate of drug-likeness (QED) is 0.322. The molecule has 2 aliphatic heterocycles. The van der Waals surface area contributed by atoms with Crippen LogP contribution in [0.15, 0.2) is 48.5 Å². The van der Waals surface area contributed by atoms with Gasteiger partial charge in [0.25, 0.3) is 0 Å². The molecule has 3 heterocycles. The van der Waals surface area contributed by atoms with E-state index in [1.54, 1.807) is 0 Å². The summed E-state index contributed by atoms with van der Waals surface area (Å²) < 4.78 is 33.8. The van der Waals surface area contributed by atoms with E-state index >= 15 is 0 Å². The van der Waals surface area contributed by atoms with Crippen molar-refractivity contribution in [1.82, 2.24) is 19.9 Å². The molecule has 1 fully saturated rings. The van der Waals surface area contributed by atoms with Gasteiger partial charge in [-0.15, -0.1) is 5.10 Å². The van der Waals surface area contributed by atoms with Crippen molar-refractivity contribution in [3.63, 3.8) is 0 Å². The lowest BCUT2D eigenvalue weighted by atomic mass is 9.89. The molecule has 1 atom stereocenters. The maximum atomic E-state index is 10.6. The molecule has 2 aromatic carbocycles. The maximum Gasteiger partial charge on any atom is 0.490 e. The molecule has 7 nitrogen and oxygen atoms in total. The molecule has 0 saturated heterocycles. The van der Waals surface area contributed by atoms with Crippen molar-refractivity contribution in [2.75, 3.05) is 18.4 Å². The van der Waals surface area contributed by atoms with Crippen molar-refractivity contribution < 1.29 is 23.1 Å². The van der Waals surface area contributed by atoms with Gasteiger partial charge in [0, 0.05) is 41.9 Å². The van der Waals surface area contributed by atoms with Crippen molar-refractivity contribution in [2.45, 2.75) is 76.7 Å². The van der Waals surface area contributed by atoms with Gasteiger partial charge in [-0.05, 0) is 73.6 Å². The summed E-state index contributed by atoms with van der Waals surface area (Å²) in [6.07, 6.45) is 6.42. The van der Waals surface area contributed by atoms with E-state index in [0.29, 0.717) is 0 Å². The number of anilines is 1. The summed E-state index contributed by atoms with van der Waals surface area (Å²) in [5, 5.41) is 20.5. The lowest BCUT2D eigenvalue weighted by Gasteiger charge is -2.36. The van der Waals surface area contributed by atoms with E-state index in [-0.39, 0.29) is 6.04 Å². The molecule has 2 N–H and O–H groups in total. The van der Waals surface area contributed by atoms with Gasteiger partial charge in [0.2, 0.25) is 0 Å². The van der Waals surface area contributed by atoms with E-state index in [9.17, 15) is 13.2 Å². The molecule has 42 heavy (non-hydrogen) atoms. The number of aliphatic carboxylic acids is 1. The van der Waals surface area contributed by atoms with Gasteiger partial charge in [0.15, 0.2) is 0 Å². The number of carboxylic acids is 1. The number of aromatic nitrogens is 3. The first-order chi connectivity index (χ1) is 20.1. The van der Waals surface area contributed by atoms with Crippen molar-refractivity contribution in [3.8, 4) is 11.3 Å². The highest BCUT2D eigenvalue weighted by Gasteiger charge is 2.38. The van der Waals surface area contributed by atoms with E-state index < -0.39 is 12.1 Å². The highest BCUT2D eigenvalue weighted by molar-refractivity contribution is 6.30. The molecule has 0 spiro atoms. The van der Waals surface area contributed by atoms with Crippen molar-refractivity contribution >= 4 is 28.8 Å². The number of aryl methyl sites for hydroxylation is 2. The van der Waals surface area contributed by atoms with Crippen LogP contribution in [0.25, 0.3) is 16.8 Å². The fourth-order valence-corrected chi connectivity index (χ4v) is 6.41. The van der Waals surface area contributed by atoms with Gasteiger partial charge in [0.05, 0.1) is 17.4 Å². The van der Waals surface area contributed by atoms with Crippen LogP contribution in [-0.2, 0) is 11.3 Å². The Morgan fingerprint density at radius 3 is 2.50 bits per heavy atom. The molecule has 0 radical (unpaired) electrons. The van der Waals surface area contributed by atoms with Gasteiger partial charge < -0.3 is 10.4 Å². The highest BCUT2D eigenvalue weighted by Crippen LogP contribution is 2.39. The SMILES string of the molecule is Cc1nnn2c1-c1ccc(C3=CCN(C4CCCCC4)CC3)cc1C(Nc1cccc(Cl)c1)CC2.O=C(O)C(F)(F)F. The van der Waals surface area contributed by atoms with Crippen molar-refractivity contribution in [3.05, 3.63) is 70.4 Å². The number of hydrogen-bond donors (Lipinski definition) is 2. The first-order valence-corrected chi connectivity index (χ1v) is 14.8. The smallest absolute Gasteiger partial charge is 0.475 e. The normalized spacial score (nSPS) is 19.5. The second-order valence-electron chi connectivity index (χ2n) is 11.1. The first-order valence-electron chi connectivity index (χ1n) is 14.4. The zero-order valence-corrected chi connectivity index (χ0v) is 24.3. The van der Waals surface area contributed by atoms with Crippen LogP contribution in [-0.4, -0.2) is 56.3 Å².